The summed E-state index contributed by atoms with van der Waals surface area (Å²) in [5, 5.41) is 8.48. The molecular weight excluding hydrogens is 344 g/mol. The quantitative estimate of drug-likeness (QED) is 0.599. The first-order valence-corrected chi connectivity index (χ1v) is 8.48. The van der Waals surface area contributed by atoms with Gasteiger partial charge in [0.05, 0.1) is 18.5 Å². The average molecular weight is 360 g/mol. The van der Waals surface area contributed by atoms with Gasteiger partial charge in [-0.1, -0.05) is 0 Å². The van der Waals surface area contributed by atoms with Crippen LogP contribution in [0.2, 0.25) is 0 Å². The second-order valence-corrected chi connectivity index (χ2v) is 6.28. The van der Waals surface area contributed by atoms with Crippen LogP contribution < -0.4 is 14.2 Å². The molecule has 0 aliphatic carbocycles. The number of ether oxygens (including phenoxy) is 3. The summed E-state index contributed by atoms with van der Waals surface area (Å²) >= 11 is 0. The molecule has 5 rings (SSSR count). The first-order chi connectivity index (χ1) is 13.2. The third kappa shape index (κ3) is 2.47. The predicted molar refractivity (Wildman–Crippen MR) is 100.0 cm³/mol. The molecule has 4 heterocycles. The van der Waals surface area contributed by atoms with Crippen LogP contribution in [0.1, 0.15) is 5.56 Å². The Morgan fingerprint density at radius 1 is 1.15 bits per heavy atom. The van der Waals surface area contributed by atoms with Gasteiger partial charge < -0.3 is 14.2 Å². The monoisotopic (exact) mass is 360 g/mol. The van der Waals surface area contributed by atoms with Crippen molar-refractivity contribution in [3.05, 3.63) is 48.3 Å². The Bertz CT molecular complexity index is 1160. The zero-order valence-corrected chi connectivity index (χ0v) is 14.8. The number of hydrogen-bond donors (Lipinski definition) is 1. The molecule has 0 amide bonds. The summed E-state index contributed by atoms with van der Waals surface area (Å²) < 4.78 is 16.4. The second-order valence-electron chi connectivity index (χ2n) is 6.28. The van der Waals surface area contributed by atoms with Gasteiger partial charge in [-0.2, -0.15) is 5.10 Å². The first-order valence-electron chi connectivity index (χ1n) is 8.48. The van der Waals surface area contributed by atoms with Crippen LogP contribution in [0.4, 0.5) is 0 Å². The standard InChI is InChI=1S/C20H16N4O3/c1-11-6-14(13-7-15(25-2)19-16(8-13)26-10-27-19)22-20-17(11)18(23-24-20)12-4-3-5-21-9-12/h3-9H,10H2,1-2H3,(H,22,23,24). The van der Waals surface area contributed by atoms with E-state index in [1.54, 1.807) is 13.3 Å². The van der Waals surface area contributed by atoms with Gasteiger partial charge >= 0.3 is 0 Å². The van der Waals surface area contributed by atoms with Gasteiger partial charge in [0.2, 0.25) is 12.5 Å². The van der Waals surface area contributed by atoms with E-state index in [4.69, 9.17) is 19.2 Å². The van der Waals surface area contributed by atoms with Crippen molar-refractivity contribution in [1.29, 1.82) is 0 Å². The van der Waals surface area contributed by atoms with E-state index >= 15 is 0 Å². The number of hydrogen-bond acceptors (Lipinski definition) is 6. The largest absolute Gasteiger partial charge is 0.493 e. The minimum absolute atomic E-state index is 0.189. The molecule has 3 aromatic heterocycles. The van der Waals surface area contributed by atoms with Crippen molar-refractivity contribution in [2.45, 2.75) is 6.92 Å². The molecule has 0 saturated heterocycles. The van der Waals surface area contributed by atoms with Gasteiger partial charge in [0.25, 0.3) is 0 Å². The molecule has 0 atom stereocenters. The summed E-state index contributed by atoms with van der Waals surface area (Å²) in [7, 11) is 1.61. The topological polar surface area (TPSA) is 82.2 Å². The number of rotatable bonds is 3. The lowest BCUT2D eigenvalue weighted by Gasteiger charge is -2.09. The number of benzene rings is 1. The molecule has 0 radical (unpaired) electrons. The third-order valence-electron chi connectivity index (χ3n) is 4.63. The molecular formula is C20H16N4O3. The van der Waals surface area contributed by atoms with Crippen LogP contribution in [0, 0.1) is 6.92 Å². The van der Waals surface area contributed by atoms with Gasteiger partial charge in [0.15, 0.2) is 17.1 Å². The van der Waals surface area contributed by atoms with Gasteiger partial charge in [-0.3, -0.25) is 10.1 Å². The minimum Gasteiger partial charge on any atom is -0.493 e. The molecule has 7 nitrogen and oxygen atoms in total. The van der Waals surface area contributed by atoms with Gasteiger partial charge in [-0.15, -0.1) is 0 Å². The Balaban J connectivity index is 1.66. The van der Waals surface area contributed by atoms with E-state index in [1.807, 2.05) is 43.5 Å². The van der Waals surface area contributed by atoms with Crippen LogP contribution in [0.3, 0.4) is 0 Å². The van der Waals surface area contributed by atoms with Gasteiger partial charge in [0, 0.05) is 28.9 Å². The fourth-order valence-corrected chi connectivity index (χ4v) is 3.36. The van der Waals surface area contributed by atoms with Crippen molar-refractivity contribution in [1.82, 2.24) is 20.2 Å². The van der Waals surface area contributed by atoms with Gasteiger partial charge in [-0.05, 0) is 42.8 Å². The molecule has 4 aromatic rings. The molecule has 0 fully saturated rings. The highest BCUT2D eigenvalue weighted by molar-refractivity contribution is 5.94. The Labute approximate surface area is 154 Å². The molecule has 27 heavy (non-hydrogen) atoms. The zero-order valence-electron chi connectivity index (χ0n) is 14.8. The number of aryl methyl sites for hydroxylation is 1. The normalized spacial score (nSPS) is 12.5. The number of aromatic nitrogens is 4. The van der Waals surface area contributed by atoms with Crippen molar-refractivity contribution in [3.8, 4) is 39.8 Å². The molecule has 7 heteroatoms. The third-order valence-corrected chi connectivity index (χ3v) is 4.63. The van der Waals surface area contributed by atoms with E-state index < -0.39 is 0 Å². The average Bonchev–Trinajstić information content (AvgIpc) is 3.35. The molecule has 1 aliphatic heterocycles. The molecule has 134 valence electrons. The van der Waals surface area contributed by atoms with E-state index in [2.05, 4.69) is 15.2 Å². The highest BCUT2D eigenvalue weighted by Crippen LogP contribution is 2.44. The summed E-state index contributed by atoms with van der Waals surface area (Å²) in [6.45, 7) is 2.24. The van der Waals surface area contributed by atoms with E-state index in [9.17, 15) is 0 Å². The summed E-state index contributed by atoms with van der Waals surface area (Å²) in [6, 6.07) is 9.74. The van der Waals surface area contributed by atoms with Crippen molar-refractivity contribution < 1.29 is 14.2 Å². The fourth-order valence-electron chi connectivity index (χ4n) is 3.36. The van der Waals surface area contributed by atoms with Crippen LogP contribution in [0.25, 0.3) is 33.5 Å². The first kappa shape index (κ1) is 15.6. The minimum atomic E-state index is 0.189. The van der Waals surface area contributed by atoms with Crippen molar-refractivity contribution >= 4 is 11.0 Å². The second kappa shape index (κ2) is 5.98. The maximum absolute atomic E-state index is 5.52. The maximum atomic E-state index is 5.52. The Morgan fingerprint density at radius 2 is 2.07 bits per heavy atom. The van der Waals surface area contributed by atoms with Crippen molar-refractivity contribution in [3.63, 3.8) is 0 Å². The Kier molecular flexibility index (Phi) is 3.46. The Hall–Kier alpha value is -3.61. The summed E-state index contributed by atoms with van der Waals surface area (Å²) in [5.74, 6) is 1.90. The Morgan fingerprint density at radius 3 is 2.89 bits per heavy atom. The SMILES string of the molecule is COc1cc(-c2cc(C)c3c(-c4cccnc4)[nH]nc3n2)cc2c1OCO2. The smallest absolute Gasteiger partial charge is 0.231 e. The van der Waals surface area contributed by atoms with Crippen molar-refractivity contribution in [2.24, 2.45) is 0 Å². The molecule has 0 bridgehead atoms. The summed E-state index contributed by atoms with van der Waals surface area (Å²) in [6.07, 6.45) is 3.56. The van der Waals surface area contributed by atoms with Crippen LogP contribution in [-0.4, -0.2) is 34.1 Å². The number of H-pyrrole nitrogens is 1. The highest BCUT2D eigenvalue weighted by Gasteiger charge is 2.22. The van der Waals surface area contributed by atoms with Gasteiger partial charge in [0.1, 0.15) is 0 Å². The van der Waals surface area contributed by atoms with E-state index in [0.717, 1.165) is 33.5 Å². The number of nitrogens with one attached hydrogen (secondary N) is 1. The fraction of sp³-hybridized carbons (Fsp3) is 0.150. The number of pyridine rings is 2. The predicted octanol–water partition coefficient (Wildman–Crippen LogP) is 3.73. The molecule has 0 saturated carbocycles. The summed E-state index contributed by atoms with van der Waals surface area (Å²) in [4.78, 5) is 8.93. The van der Waals surface area contributed by atoms with E-state index in [1.165, 1.54) is 0 Å². The number of methoxy groups -OCH3 is 1. The molecule has 0 unspecified atom stereocenters. The van der Waals surface area contributed by atoms with Crippen LogP contribution in [0.15, 0.2) is 42.7 Å². The number of fused-ring (bicyclic) bond motifs is 2. The maximum Gasteiger partial charge on any atom is 0.231 e. The molecule has 0 spiro atoms. The lowest BCUT2D eigenvalue weighted by atomic mass is 10.0. The van der Waals surface area contributed by atoms with Crippen LogP contribution >= 0.6 is 0 Å². The van der Waals surface area contributed by atoms with Crippen LogP contribution in [-0.2, 0) is 0 Å². The van der Waals surface area contributed by atoms with E-state index in [0.29, 0.717) is 22.9 Å². The van der Waals surface area contributed by atoms with Crippen LogP contribution in [0.5, 0.6) is 17.2 Å². The van der Waals surface area contributed by atoms with Gasteiger partial charge in [-0.25, -0.2) is 4.98 Å². The molecule has 1 aromatic carbocycles. The highest BCUT2D eigenvalue weighted by atomic mass is 16.7. The van der Waals surface area contributed by atoms with E-state index in [-0.39, 0.29) is 6.79 Å². The zero-order chi connectivity index (χ0) is 18.4. The molecule has 1 N–H and O–H groups in total. The lowest BCUT2D eigenvalue weighted by molar-refractivity contribution is 0.171. The lowest BCUT2D eigenvalue weighted by Crippen LogP contribution is -1.93. The number of aromatic amines is 1. The van der Waals surface area contributed by atoms with Crippen molar-refractivity contribution in [2.75, 3.05) is 13.9 Å². The number of nitrogens with zero attached hydrogens (tertiary/aromatic N) is 3. The summed E-state index contributed by atoms with van der Waals surface area (Å²) in [5.41, 5.74) is 5.29. The molecule has 1 aliphatic rings.